The van der Waals surface area contributed by atoms with Crippen LogP contribution in [0.2, 0.25) is 0 Å². The first-order chi connectivity index (χ1) is 18.5. The largest absolute Gasteiger partial charge is 0.573 e. The molecule has 0 unspecified atom stereocenters. The summed E-state index contributed by atoms with van der Waals surface area (Å²) in [6.07, 6.45) is 0.898. The Morgan fingerprint density at radius 1 is 1.05 bits per heavy atom. The molecular formula is C25H31F3N6O4S. The van der Waals surface area contributed by atoms with E-state index >= 15 is 0 Å². The lowest BCUT2D eigenvalue weighted by atomic mass is 9.57. The maximum absolute atomic E-state index is 13.0. The maximum atomic E-state index is 13.0. The summed E-state index contributed by atoms with van der Waals surface area (Å²) in [5.74, 6) is 2.44. The van der Waals surface area contributed by atoms with E-state index in [0.717, 1.165) is 61.8 Å². The van der Waals surface area contributed by atoms with Gasteiger partial charge in [-0.05, 0) is 68.7 Å². The SMILES string of the molecule is O=C(N1CCC(CNS(=O)(=O)c2ccc(OC(F)(F)F)cc2)CC1)N1CC2(CC(c3n[nH]c(C4CC4)n3)C2)C1. The number of rotatable bonds is 7. The number of carbonyl (C=O) groups is 1. The maximum Gasteiger partial charge on any atom is 0.573 e. The number of alkyl halides is 3. The van der Waals surface area contributed by atoms with Gasteiger partial charge in [0.25, 0.3) is 0 Å². The average Bonchev–Trinajstić information content (AvgIpc) is 3.58. The van der Waals surface area contributed by atoms with Crippen molar-refractivity contribution in [2.24, 2.45) is 11.3 Å². The summed E-state index contributed by atoms with van der Waals surface area (Å²) < 4.78 is 68.4. The normalized spacial score (nSPS) is 22.0. The number of likely N-dealkylation sites (tertiary alicyclic amines) is 2. The van der Waals surface area contributed by atoms with E-state index in [0.29, 0.717) is 37.8 Å². The smallest absolute Gasteiger partial charge is 0.406 e. The third kappa shape index (κ3) is 5.72. The third-order valence-electron chi connectivity index (χ3n) is 8.35. The van der Waals surface area contributed by atoms with E-state index in [9.17, 15) is 26.4 Å². The van der Waals surface area contributed by atoms with Crippen LogP contribution in [0.3, 0.4) is 0 Å². The summed E-state index contributed by atoms with van der Waals surface area (Å²) in [6, 6.07) is 4.12. The van der Waals surface area contributed by atoms with Crippen molar-refractivity contribution in [1.29, 1.82) is 0 Å². The van der Waals surface area contributed by atoms with Crippen molar-refractivity contribution >= 4 is 16.1 Å². The van der Waals surface area contributed by atoms with Crippen LogP contribution in [0.4, 0.5) is 18.0 Å². The average molecular weight is 569 g/mol. The first kappa shape index (κ1) is 26.4. The fourth-order valence-corrected chi connectivity index (χ4v) is 7.11. The molecule has 2 saturated carbocycles. The Morgan fingerprint density at radius 3 is 2.33 bits per heavy atom. The van der Waals surface area contributed by atoms with Crippen LogP contribution in [0, 0.1) is 11.3 Å². The summed E-state index contributed by atoms with van der Waals surface area (Å²) >= 11 is 0. The van der Waals surface area contributed by atoms with Crippen molar-refractivity contribution in [1.82, 2.24) is 29.7 Å². The van der Waals surface area contributed by atoms with Gasteiger partial charge in [0.2, 0.25) is 10.0 Å². The second-order valence-electron chi connectivity index (χ2n) is 11.4. The number of nitrogens with one attached hydrogen (secondary N) is 2. The standard InChI is InChI=1S/C25H31F3N6O4S/c26-25(27,28)38-19-3-5-20(6-4-19)39(36,37)29-13-16-7-9-33(10-8-16)23(35)34-14-24(15-34)11-18(12-24)22-30-21(31-32-22)17-1-2-17/h3-6,16-18,29H,1-2,7-15H2,(H,30,31,32). The van der Waals surface area contributed by atoms with E-state index in [1.165, 1.54) is 12.8 Å². The topological polar surface area (TPSA) is 121 Å². The zero-order valence-corrected chi connectivity index (χ0v) is 22.1. The van der Waals surface area contributed by atoms with E-state index in [-0.39, 0.29) is 28.8 Å². The minimum Gasteiger partial charge on any atom is -0.406 e. The van der Waals surface area contributed by atoms with Gasteiger partial charge in [-0.2, -0.15) is 5.10 Å². The molecule has 3 heterocycles. The number of hydrogen-bond donors (Lipinski definition) is 2. The molecule has 1 spiro atoms. The predicted octanol–water partition coefficient (Wildman–Crippen LogP) is 3.57. The van der Waals surface area contributed by atoms with Crippen LogP contribution in [-0.4, -0.2) is 78.5 Å². The molecule has 212 valence electrons. The fraction of sp³-hybridized carbons (Fsp3) is 0.640. The van der Waals surface area contributed by atoms with Crippen molar-refractivity contribution in [3.63, 3.8) is 0 Å². The number of aromatic amines is 1. The molecule has 0 radical (unpaired) electrons. The highest BCUT2D eigenvalue weighted by Gasteiger charge is 2.55. The molecule has 1 aromatic carbocycles. The van der Waals surface area contributed by atoms with Gasteiger partial charge in [-0.15, -0.1) is 13.2 Å². The number of amides is 2. The molecule has 2 amide bonds. The summed E-state index contributed by atoms with van der Waals surface area (Å²) in [5.41, 5.74) is 0.189. The van der Waals surface area contributed by atoms with Crippen LogP contribution in [0.15, 0.2) is 29.2 Å². The van der Waals surface area contributed by atoms with Crippen LogP contribution in [0.1, 0.15) is 62.0 Å². The Morgan fingerprint density at radius 2 is 1.72 bits per heavy atom. The highest BCUT2D eigenvalue weighted by atomic mass is 32.2. The van der Waals surface area contributed by atoms with E-state index < -0.39 is 22.1 Å². The summed E-state index contributed by atoms with van der Waals surface area (Å²) in [5, 5.41) is 7.49. The highest BCUT2D eigenvalue weighted by Crippen LogP contribution is 2.55. The highest BCUT2D eigenvalue weighted by molar-refractivity contribution is 7.89. The zero-order chi connectivity index (χ0) is 27.4. The Kier molecular flexibility index (Phi) is 6.52. The summed E-state index contributed by atoms with van der Waals surface area (Å²) in [7, 11) is -3.88. The molecule has 4 aliphatic rings. The van der Waals surface area contributed by atoms with E-state index in [4.69, 9.17) is 0 Å². The molecule has 2 aromatic rings. The fourth-order valence-electron chi connectivity index (χ4n) is 5.99. The number of urea groups is 1. The van der Waals surface area contributed by atoms with Crippen molar-refractivity contribution < 1.29 is 31.1 Å². The number of sulfonamides is 1. The molecule has 0 atom stereocenters. The molecule has 2 N–H and O–H groups in total. The van der Waals surface area contributed by atoms with Gasteiger partial charge in [0, 0.05) is 50.0 Å². The molecule has 2 aliphatic heterocycles. The number of ether oxygens (including phenoxy) is 1. The van der Waals surface area contributed by atoms with Crippen LogP contribution >= 0.6 is 0 Å². The summed E-state index contributed by atoms with van der Waals surface area (Å²) in [4.78, 5) is 21.3. The van der Waals surface area contributed by atoms with Gasteiger partial charge < -0.3 is 14.5 Å². The quantitative estimate of drug-likeness (QED) is 0.527. The number of benzene rings is 1. The molecular weight excluding hydrogens is 537 g/mol. The minimum atomic E-state index is -4.84. The number of carbonyl (C=O) groups excluding carboxylic acids is 1. The van der Waals surface area contributed by atoms with Gasteiger partial charge in [0.15, 0.2) is 5.82 Å². The second kappa shape index (κ2) is 9.65. The second-order valence-corrected chi connectivity index (χ2v) is 13.2. The van der Waals surface area contributed by atoms with E-state index in [2.05, 4.69) is 24.6 Å². The van der Waals surface area contributed by atoms with Crippen molar-refractivity contribution in [3.05, 3.63) is 35.9 Å². The van der Waals surface area contributed by atoms with Crippen molar-refractivity contribution in [2.45, 2.75) is 61.6 Å². The van der Waals surface area contributed by atoms with Crippen LogP contribution < -0.4 is 9.46 Å². The first-order valence-corrected chi connectivity index (χ1v) is 14.8. The Hall–Kier alpha value is -2.87. The monoisotopic (exact) mass is 568 g/mol. The minimum absolute atomic E-state index is 0.0400. The first-order valence-electron chi connectivity index (χ1n) is 13.3. The molecule has 1 aromatic heterocycles. The Bertz CT molecular complexity index is 1310. The molecule has 6 rings (SSSR count). The number of H-pyrrole nitrogens is 1. The lowest BCUT2D eigenvalue weighted by molar-refractivity contribution is -0.274. The lowest BCUT2D eigenvalue weighted by Crippen LogP contribution is -2.65. The number of nitrogens with zero attached hydrogens (tertiary/aromatic N) is 4. The molecule has 2 saturated heterocycles. The zero-order valence-electron chi connectivity index (χ0n) is 21.3. The molecule has 14 heteroatoms. The lowest BCUT2D eigenvalue weighted by Gasteiger charge is -2.59. The number of halogens is 3. The van der Waals surface area contributed by atoms with Gasteiger partial charge >= 0.3 is 12.4 Å². The van der Waals surface area contributed by atoms with E-state index in [1.807, 2.05) is 9.80 Å². The Labute approximate surface area is 224 Å². The molecule has 2 aliphatic carbocycles. The van der Waals surface area contributed by atoms with Gasteiger partial charge in [0.05, 0.1) is 4.90 Å². The van der Waals surface area contributed by atoms with Gasteiger partial charge in [-0.3, -0.25) is 5.10 Å². The van der Waals surface area contributed by atoms with Gasteiger partial charge in [0.1, 0.15) is 11.6 Å². The van der Waals surface area contributed by atoms with Crippen molar-refractivity contribution in [2.75, 3.05) is 32.7 Å². The predicted molar refractivity (Wildman–Crippen MR) is 132 cm³/mol. The van der Waals surface area contributed by atoms with Crippen LogP contribution in [-0.2, 0) is 10.0 Å². The van der Waals surface area contributed by atoms with Crippen LogP contribution in [0.25, 0.3) is 0 Å². The van der Waals surface area contributed by atoms with E-state index in [1.54, 1.807) is 0 Å². The number of aromatic nitrogens is 3. The molecule has 39 heavy (non-hydrogen) atoms. The molecule has 4 fully saturated rings. The number of hydrogen-bond acceptors (Lipinski definition) is 6. The van der Waals surface area contributed by atoms with Crippen molar-refractivity contribution in [3.8, 4) is 5.75 Å². The molecule has 10 nitrogen and oxygen atoms in total. The summed E-state index contributed by atoms with van der Waals surface area (Å²) in [6.45, 7) is 2.83. The molecule has 0 bridgehead atoms. The number of piperidine rings is 1. The van der Waals surface area contributed by atoms with Gasteiger partial charge in [-0.25, -0.2) is 22.9 Å². The third-order valence-corrected chi connectivity index (χ3v) is 9.79. The van der Waals surface area contributed by atoms with Gasteiger partial charge in [-0.1, -0.05) is 0 Å². The Balaban J connectivity index is 0.915. The van der Waals surface area contributed by atoms with Crippen LogP contribution in [0.5, 0.6) is 5.75 Å².